The fourth-order valence-electron chi connectivity index (χ4n) is 1.32. The van der Waals surface area contributed by atoms with Gasteiger partial charge in [0.05, 0.1) is 12.3 Å². The number of methoxy groups -OCH3 is 1. The van der Waals surface area contributed by atoms with E-state index in [1.165, 1.54) is 4.68 Å². The second kappa shape index (κ2) is 4.05. The van der Waals surface area contributed by atoms with Crippen LogP contribution in [0.2, 0.25) is 0 Å². The Balaban J connectivity index is 2.37. The van der Waals surface area contributed by atoms with Crippen LogP contribution in [0.3, 0.4) is 0 Å². The normalized spacial score (nSPS) is 10.5. The molecule has 6 nitrogen and oxygen atoms in total. The van der Waals surface area contributed by atoms with Crippen LogP contribution < -0.4 is 5.73 Å². The first-order chi connectivity index (χ1) is 7.31. The lowest BCUT2D eigenvalue weighted by Crippen LogP contribution is -2.03. The van der Waals surface area contributed by atoms with Crippen molar-refractivity contribution < 1.29 is 4.74 Å². The van der Waals surface area contributed by atoms with Crippen molar-refractivity contribution >= 4 is 5.95 Å². The molecule has 6 heteroatoms. The van der Waals surface area contributed by atoms with Gasteiger partial charge in [-0.15, -0.1) is 0 Å². The van der Waals surface area contributed by atoms with Gasteiger partial charge in [0.15, 0.2) is 0 Å². The number of ether oxygens (including phenoxy) is 1. The van der Waals surface area contributed by atoms with Crippen LogP contribution in [0.5, 0.6) is 0 Å². The number of benzene rings is 1. The molecule has 0 unspecified atom stereocenters. The van der Waals surface area contributed by atoms with E-state index in [2.05, 4.69) is 15.5 Å². The second-order valence-electron chi connectivity index (χ2n) is 3.05. The number of nitrogens with two attached hydrogens (primary N) is 1. The van der Waals surface area contributed by atoms with E-state index in [9.17, 15) is 0 Å². The lowest BCUT2D eigenvalue weighted by molar-refractivity contribution is 0.185. The highest BCUT2D eigenvalue weighted by Gasteiger charge is 2.04. The minimum atomic E-state index is 0.268. The molecule has 2 N–H and O–H groups in total. The van der Waals surface area contributed by atoms with Gasteiger partial charge in [-0.1, -0.05) is 17.2 Å². The van der Waals surface area contributed by atoms with Gasteiger partial charge in [-0.3, -0.25) is 0 Å². The molecule has 0 radical (unpaired) electrons. The Bertz CT molecular complexity index is 453. The van der Waals surface area contributed by atoms with E-state index in [1.54, 1.807) is 7.11 Å². The molecule has 0 aliphatic heterocycles. The van der Waals surface area contributed by atoms with Gasteiger partial charge >= 0.3 is 0 Å². The third-order valence-electron chi connectivity index (χ3n) is 1.96. The maximum Gasteiger partial charge on any atom is 0.245 e. The van der Waals surface area contributed by atoms with Gasteiger partial charge in [0.2, 0.25) is 5.95 Å². The van der Waals surface area contributed by atoms with Crippen LogP contribution in [0.4, 0.5) is 5.95 Å². The van der Waals surface area contributed by atoms with Crippen molar-refractivity contribution in [3.8, 4) is 5.69 Å². The first-order valence-electron chi connectivity index (χ1n) is 4.43. The highest BCUT2D eigenvalue weighted by molar-refractivity contribution is 5.38. The summed E-state index contributed by atoms with van der Waals surface area (Å²) in [5.74, 6) is 0.268. The molecule has 2 rings (SSSR count). The molecule has 1 aromatic heterocycles. The molecule has 0 amide bonds. The third-order valence-corrected chi connectivity index (χ3v) is 1.96. The number of rotatable bonds is 3. The van der Waals surface area contributed by atoms with Crippen molar-refractivity contribution in [3.63, 3.8) is 0 Å². The molecular formula is C9H11N5O. The van der Waals surface area contributed by atoms with Crippen molar-refractivity contribution in [2.24, 2.45) is 0 Å². The van der Waals surface area contributed by atoms with Gasteiger partial charge in [-0.05, 0) is 28.1 Å². The second-order valence-corrected chi connectivity index (χ2v) is 3.05. The van der Waals surface area contributed by atoms with E-state index in [-0.39, 0.29) is 5.95 Å². The third kappa shape index (κ3) is 1.94. The zero-order chi connectivity index (χ0) is 10.7. The van der Waals surface area contributed by atoms with Gasteiger partial charge in [0, 0.05) is 7.11 Å². The van der Waals surface area contributed by atoms with Crippen LogP contribution in [-0.2, 0) is 11.3 Å². The van der Waals surface area contributed by atoms with Crippen molar-refractivity contribution in [2.75, 3.05) is 12.8 Å². The van der Waals surface area contributed by atoms with Crippen molar-refractivity contribution in [1.82, 2.24) is 20.2 Å². The summed E-state index contributed by atoms with van der Waals surface area (Å²) in [6.45, 7) is 0.551. The number of nitrogen functional groups attached to an aromatic ring is 1. The van der Waals surface area contributed by atoms with Crippen LogP contribution >= 0.6 is 0 Å². The molecule has 0 aliphatic carbocycles. The van der Waals surface area contributed by atoms with E-state index in [0.29, 0.717) is 6.61 Å². The highest BCUT2D eigenvalue weighted by atomic mass is 16.5. The molecule has 0 bridgehead atoms. The smallest absolute Gasteiger partial charge is 0.245 e. The lowest BCUT2D eigenvalue weighted by atomic mass is 10.2. The number of anilines is 1. The summed E-state index contributed by atoms with van der Waals surface area (Å²) in [4.78, 5) is 0. The Kier molecular flexibility index (Phi) is 2.59. The summed E-state index contributed by atoms with van der Waals surface area (Å²) >= 11 is 0. The van der Waals surface area contributed by atoms with E-state index < -0.39 is 0 Å². The fraction of sp³-hybridized carbons (Fsp3) is 0.222. The van der Waals surface area contributed by atoms with Gasteiger partial charge in [0.1, 0.15) is 0 Å². The Morgan fingerprint density at radius 3 is 3.00 bits per heavy atom. The predicted molar refractivity (Wildman–Crippen MR) is 54.3 cm³/mol. The standard InChI is InChI=1S/C9H11N5O/c1-15-6-7-3-2-4-8(5-7)14-9(10)11-12-13-14/h2-5H,6H2,1H3,(H2,10,11,13). The van der Waals surface area contributed by atoms with Gasteiger partial charge in [0.25, 0.3) is 0 Å². The molecule has 0 atom stereocenters. The SMILES string of the molecule is COCc1cccc(-n2nnnc2N)c1. The van der Waals surface area contributed by atoms with E-state index in [0.717, 1.165) is 11.3 Å². The summed E-state index contributed by atoms with van der Waals surface area (Å²) in [5, 5.41) is 10.9. The average Bonchev–Trinajstić information content (AvgIpc) is 2.65. The first-order valence-corrected chi connectivity index (χ1v) is 4.43. The molecule has 1 aromatic carbocycles. The summed E-state index contributed by atoms with van der Waals surface area (Å²) in [7, 11) is 1.65. The Labute approximate surface area is 86.7 Å². The maximum absolute atomic E-state index is 5.59. The maximum atomic E-state index is 5.59. The number of aromatic nitrogens is 4. The predicted octanol–water partition coefficient (Wildman–Crippen LogP) is 0.391. The molecule has 1 heterocycles. The molecule has 78 valence electrons. The number of hydrogen-bond donors (Lipinski definition) is 1. The monoisotopic (exact) mass is 205 g/mol. The Morgan fingerprint density at radius 1 is 1.47 bits per heavy atom. The minimum Gasteiger partial charge on any atom is -0.380 e. The molecule has 0 spiro atoms. The van der Waals surface area contributed by atoms with E-state index in [4.69, 9.17) is 10.5 Å². The summed E-state index contributed by atoms with van der Waals surface area (Å²) in [5.41, 5.74) is 7.46. The van der Waals surface area contributed by atoms with E-state index in [1.807, 2.05) is 24.3 Å². The fourth-order valence-corrected chi connectivity index (χ4v) is 1.32. The van der Waals surface area contributed by atoms with Crippen LogP contribution in [0.25, 0.3) is 5.69 Å². The molecule has 0 saturated carbocycles. The summed E-state index contributed by atoms with van der Waals surface area (Å²) in [6.07, 6.45) is 0. The topological polar surface area (TPSA) is 78.8 Å². The van der Waals surface area contributed by atoms with Gasteiger partial charge in [-0.2, -0.15) is 4.68 Å². The largest absolute Gasteiger partial charge is 0.380 e. The van der Waals surface area contributed by atoms with Crippen molar-refractivity contribution in [1.29, 1.82) is 0 Å². The van der Waals surface area contributed by atoms with Crippen LogP contribution in [0.15, 0.2) is 24.3 Å². The first kappa shape index (κ1) is 9.60. The molecular weight excluding hydrogens is 194 g/mol. The molecule has 0 saturated heterocycles. The molecule has 2 aromatic rings. The number of nitrogens with zero attached hydrogens (tertiary/aromatic N) is 4. The Hall–Kier alpha value is -1.95. The lowest BCUT2D eigenvalue weighted by Gasteiger charge is -2.04. The van der Waals surface area contributed by atoms with Crippen molar-refractivity contribution in [2.45, 2.75) is 6.61 Å². The zero-order valence-electron chi connectivity index (χ0n) is 8.29. The minimum absolute atomic E-state index is 0.268. The summed E-state index contributed by atoms with van der Waals surface area (Å²) in [6, 6.07) is 7.68. The highest BCUT2D eigenvalue weighted by Crippen LogP contribution is 2.11. The van der Waals surface area contributed by atoms with Crippen LogP contribution in [0.1, 0.15) is 5.56 Å². The summed E-state index contributed by atoms with van der Waals surface area (Å²) < 4.78 is 6.51. The van der Waals surface area contributed by atoms with E-state index >= 15 is 0 Å². The zero-order valence-corrected chi connectivity index (χ0v) is 8.29. The molecule has 0 fully saturated rings. The van der Waals surface area contributed by atoms with Gasteiger partial charge in [-0.25, -0.2) is 0 Å². The van der Waals surface area contributed by atoms with Crippen LogP contribution in [-0.4, -0.2) is 27.3 Å². The molecule has 0 aliphatic rings. The van der Waals surface area contributed by atoms with Crippen LogP contribution in [0, 0.1) is 0 Å². The Morgan fingerprint density at radius 2 is 2.33 bits per heavy atom. The number of tetrazole rings is 1. The molecule has 15 heavy (non-hydrogen) atoms. The van der Waals surface area contributed by atoms with Crippen molar-refractivity contribution in [3.05, 3.63) is 29.8 Å². The van der Waals surface area contributed by atoms with Gasteiger partial charge < -0.3 is 10.5 Å². The number of hydrogen-bond acceptors (Lipinski definition) is 5. The quantitative estimate of drug-likeness (QED) is 0.784. The average molecular weight is 205 g/mol.